The second-order valence-corrected chi connectivity index (χ2v) is 5.02. The molecule has 2 rings (SSSR count). The molecule has 0 saturated heterocycles. The summed E-state index contributed by atoms with van der Waals surface area (Å²) in [7, 11) is 0. The predicted octanol–water partition coefficient (Wildman–Crippen LogP) is 2.08. The molecule has 1 atom stereocenters. The topological polar surface area (TPSA) is 82.7 Å². The highest BCUT2D eigenvalue weighted by molar-refractivity contribution is 5.96. The molecule has 1 heterocycles. The van der Waals surface area contributed by atoms with Gasteiger partial charge in [0, 0.05) is 35.8 Å². The number of nitrogens with zero attached hydrogens (tertiary/aromatic N) is 1. The SMILES string of the molecule is Cc1cc2c(cc1C(=O)O)c(C(C)O)cn2CCCO. The molecular weight excluding hydrogens is 258 g/mol. The Labute approximate surface area is 117 Å². The van der Waals surface area contributed by atoms with E-state index in [1.54, 1.807) is 19.9 Å². The molecule has 0 fully saturated rings. The molecule has 1 aromatic heterocycles. The molecule has 2 aromatic rings. The van der Waals surface area contributed by atoms with Crippen molar-refractivity contribution >= 4 is 16.9 Å². The molecular formula is C15H19NO4. The van der Waals surface area contributed by atoms with Gasteiger partial charge in [-0.15, -0.1) is 0 Å². The summed E-state index contributed by atoms with van der Waals surface area (Å²) < 4.78 is 1.95. The smallest absolute Gasteiger partial charge is 0.335 e. The number of benzene rings is 1. The van der Waals surface area contributed by atoms with Crippen molar-refractivity contribution in [2.75, 3.05) is 6.61 Å². The summed E-state index contributed by atoms with van der Waals surface area (Å²) in [5.74, 6) is -0.968. The number of aliphatic hydroxyl groups excluding tert-OH is 2. The number of rotatable bonds is 5. The van der Waals surface area contributed by atoms with Crippen LogP contribution in [0.2, 0.25) is 0 Å². The van der Waals surface area contributed by atoms with Crippen LogP contribution < -0.4 is 0 Å². The van der Waals surface area contributed by atoms with Crippen molar-refractivity contribution < 1.29 is 20.1 Å². The van der Waals surface area contributed by atoms with E-state index in [-0.39, 0.29) is 12.2 Å². The third kappa shape index (κ3) is 2.55. The minimum Gasteiger partial charge on any atom is -0.478 e. The summed E-state index contributed by atoms with van der Waals surface area (Å²) in [6, 6.07) is 3.44. The predicted molar refractivity (Wildman–Crippen MR) is 76.0 cm³/mol. The van der Waals surface area contributed by atoms with Gasteiger partial charge in [-0.05, 0) is 38.0 Å². The lowest BCUT2D eigenvalue weighted by atomic mass is 10.0. The Morgan fingerprint density at radius 1 is 1.40 bits per heavy atom. The minimum absolute atomic E-state index is 0.0931. The molecule has 0 spiro atoms. The van der Waals surface area contributed by atoms with Crippen LogP contribution in [0.5, 0.6) is 0 Å². The second kappa shape index (κ2) is 5.64. The van der Waals surface area contributed by atoms with Gasteiger partial charge in [0.05, 0.1) is 11.7 Å². The third-order valence-corrected chi connectivity index (χ3v) is 3.50. The van der Waals surface area contributed by atoms with Gasteiger partial charge in [-0.2, -0.15) is 0 Å². The number of aliphatic hydroxyl groups is 2. The van der Waals surface area contributed by atoms with Gasteiger partial charge in [0.25, 0.3) is 0 Å². The number of carboxylic acid groups (broad SMARTS) is 1. The van der Waals surface area contributed by atoms with Gasteiger partial charge >= 0.3 is 5.97 Å². The molecule has 0 aliphatic carbocycles. The van der Waals surface area contributed by atoms with Gasteiger partial charge in [0.2, 0.25) is 0 Å². The lowest BCUT2D eigenvalue weighted by Crippen LogP contribution is -2.01. The first-order valence-electron chi connectivity index (χ1n) is 6.61. The lowest BCUT2D eigenvalue weighted by molar-refractivity contribution is 0.0696. The number of hydrogen-bond acceptors (Lipinski definition) is 3. The summed E-state index contributed by atoms with van der Waals surface area (Å²) in [5.41, 5.74) is 2.53. The Morgan fingerprint density at radius 2 is 2.10 bits per heavy atom. The number of hydrogen-bond donors (Lipinski definition) is 3. The van der Waals surface area contributed by atoms with Crippen molar-refractivity contribution in [2.24, 2.45) is 0 Å². The number of aromatic nitrogens is 1. The van der Waals surface area contributed by atoms with Crippen LogP contribution in [0, 0.1) is 6.92 Å². The van der Waals surface area contributed by atoms with E-state index < -0.39 is 12.1 Å². The maximum Gasteiger partial charge on any atom is 0.335 e. The molecule has 0 aliphatic rings. The summed E-state index contributed by atoms with van der Waals surface area (Å²) in [6.45, 7) is 4.14. The Kier molecular flexibility index (Phi) is 4.11. The van der Waals surface area contributed by atoms with Crippen molar-refractivity contribution in [3.63, 3.8) is 0 Å². The molecule has 5 nitrogen and oxygen atoms in total. The van der Waals surface area contributed by atoms with Crippen molar-refractivity contribution in [3.05, 3.63) is 35.0 Å². The lowest BCUT2D eigenvalue weighted by Gasteiger charge is -2.06. The maximum atomic E-state index is 11.2. The van der Waals surface area contributed by atoms with Gasteiger partial charge in [0.1, 0.15) is 0 Å². The van der Waals surface area contributed by atoms with Crippen LogP contribution in [0.1, 0.15) is 40.9 Å². The van der Waals surface area contributed by atoms with Gasteiger partial charge in [-0.3, -0.25) is 0 Å². The van der Waals surface area contributed by atoms with E-state index in [0.29, 0.717) is 24.1 Å². The van der Waals surface area contributed by atoms with E-state index in [1.807, 2.05) is 16.8 Å². The Morgan fingerprint density at radius 3 is 2.65 bits per heavy atom. The van der Waals surface area contributed by atoms with E-state index in [1.165, 1.54) is 0 Å². The number of carbonyl (C=O) groups is 1. The average molecular weight is 277 g/mol. The molecule has 0 radical (unpaired) electrons. The van der Waals surface area contributed by atoms with E-state index in [9.17, 15) is 15.0 Å². The van der Waals surface area contributed by atoms with Gasteiger partial charge in [-0.25, -0.2) is 4.79 Å². The van der Waals surface area contributed by atoms with E-state index >= 15 is 0 Å². The summed E-state index contributed by atoms with van der Waals surface area (Å²) in [5, 5.41) is 28.7. The fourth-order valence-electron chi connectivity index (χ4n) is 2.46. The van der Waals surface area contributed by atoms with Gasteiger partial charge in [0.15, 0.2) is 0 Å². The van der Waals surface area contributed by atoms with Crippen LogP contribution in [-0.2, 0) is 6.54 Å². The van der Waals surface area contributed by atoms with Crippen LogP contribution in [0.25, 0.3) is 10.9 Å². The summed E-state index contributed by atoms with van der Waals surface area (Å²) in [6.07, 6.45) is 1.77. The molecule has 20 heavy (non-hydrogen) atoms. The van der Waals surface area contributed by atoms with Crippen LogP contribution in [-0.4, -0.2) is 32.5 Å². The van der Waals surface area contributed by atoms with Crippen LogP contribution >= 0.6 is 0 Å². The van der Waals surface area contributed by atoms with Gasteiger partial charge in [-0.1, -0.05) is 0 Å². The molecule has 5 heteroatoms. The van der Waals surface area contributed by atoms with Crippen LogP contribution in [0.4, 0.5) is 0 Å². The first-order chi connectivity index (χ1) is 9.45. The highest BCUT2D eigenvalue weighted by Crippen LogP contribution is 2.29. The highest BCUT2D eigenvalue weighted by atomic mass is 16.4. The maximum absolute atomic E-state index is 11.2. The van der Waals surface area contributed by atoms with Crippen molar-refractivity contribution in [1.29, 1.82) is 0 Å². The molecule has 108 valence electrons. The Hall–Kier alpha value is -1.85. The molecule has 1 aromatic carbocycles. The summed E-state index contributed by atoms with van der Waals surface area (Å²) >= 11 is 0. The van der Waals surface area contributed by atoms with Crippen molar-refractivity contribution in [2.45, 2.75) is 32.9 Å². The fraction of sp³-hybridized carbons (Fsp3) is 0.400. The molecule has 0 bridgehead atoms. The molecule has 0 amide bonds. The second-order valence-electron chi connectivity index (χ2n) is 5.02. The van der Waals surface area contributed by atoms with Crippen molar-refractivity contribution in [1.82, 2.24) is 4.57 Å². The monoisotopic (exact) mass is 277 g/mol. The minimum atomic E-state index is -0.968. The molecule has 3 N–H and O–H groups in total. The molecule has 1 unspecified atom stereocenters. The molecule has 0 saturated carbocycles. The Bertz CT molecular complexity index is 643. The third-order valence-electron chi connectivity index (χ3n) is 3.50. The quantitative estimate of drug-likeness (QED) is 0.781. The zero-order valence-corrected chi connectivity index (χ0v) is 11.6. The average Bonchev–Trinajstić information content (AvgIpc) is 2.73. The fourth-order valence-corrected chi connectivity index (χ4v) is 2.46. The first kappa shape index (κ1) is 14.6. The highest BCUT2D eigenvalue weighted by Gasteiger charge is 2.16. The van der Waals surface area contributed by atoms with Crippen LogP contribution in [0.15, 0.2) is 18.3 Å². The number of aromatic carboxylic acids is 1. The standard InChI is InChI=1S/C15H19NO4/c1-9-6-14-12(7-11(9)15(19)20)13(10(2)18)8-16(14)4-3-5-17/h6-8,10,17-18H,3-5H2,1-2H3,(H,19,20). The number of aryl methyl sites for hydroxylation is 2. The van der Waals surface area contributed by atoms with E-state index in [0.717, 1.165) is 10.9 Å². The van der Waals surface area contributed by atoms with E-state index in [2.05, 4.69) is 0 Å². The number of carboxylic acids is 1. The van der Waals surface area contributed by atoms with Crippen molar-refractivity contribution in [3.8, 4) is 0 Å². The normalized spacial score (nSPS) is 12.8. The van der Waals surface area contributed by atoms with Crippen LogP contribution in [0.3, 0.4) is 0 Å². The largest absolute Gasteiger partial charge is 0.478 e. The Balaban J connectivity index is 2.66. The van der Waals surface area contributed by atoms with E-state index in [4.69, 9.17) is 5.11 Å². The number of fused-ring (bicyclic) bond motifs is 1. The van der Waals surface area contributed by atoms with Gasteiger partial charge < -0.3 is 19.9 Å². The summed E-state index contributed by atoms with van der Waals surface area (Å²) in [4.78, 5) is 11.2. The zero-order chi connectivity index (χ0) is 14.9. The molecule has 0 aliphatic heterocycles. The zero-order valence-electron chi connectivity index (χ0n) is 11.6. The first-order valence-corrected chi connectivity index (χ1v) is 6.61.